The van der Waals surface area contributed by atoms with Crippen LogP contribution in [0.5, 0.6) is 5.75 Å². The van der Waals surface area contributed by atoms with E-state index < -0.39 is 18.2 Å². The van der Waals surface area contributed by atoms with E-state index in [0.717, 1.165) is 11.3 Å². The van der Waals surface area contributed by atoms with Crippen molar-refractivity contribution in [2.75, 3.05) is 7.11 Å². The number of aliphatic carboxylic acids is 1. The number of benzene rings is 1. The molecular weight excluding hydrogens is 274 g/mol. The summed E-state index contributed by atoms with van der Waals surface area (Å²) in [6, 6.07) is 7.21. The molecule has 3 atom stereocenters. The van der Waals surface area contributed by atoms with Crippen LogP contribution in [-0.2, 0) is 14.3 Å². The molecule has 2 N–H and O–H groups in total. The Labute approximate surface area is 123 Å². The van der Waals surface area contributed by atoms with Gasteiger partial charge in [-0.3, -0.25) is 4.79 Å². The molecule has 0 spiro atoms. The van der Waals surface area contributed by atoms with E-state index in [4.69, 9.17) is 14.6 Å². The van der Waals surface area contributed by atoms with Crippen LogP contribution in [0.1, 0.15) is 31.4 Å². The Hall–Kier alpha value is -2.08. The molecule has 0 saturated carbocycles. The zero-order chi connectivity index (χ0) is 15.4. The lowest BCUT2D eigenvalue weighted by Gasteiger charge is -2.18. The van der Waals surface area contributed by atoms with Gasteiger partial charge in [0, 0.05) is 0 Å². The molecule has 1 saturated heterocycles. The zero-order valence-electron chi connectivity index (χ0n) is 12.0. The number of carbonyl (C=O) groups is 2. The van der Waals surface area contributed by atoms with Crippen LogP contribution in [0, 0.1) is 0 Å². The predicted octanol–water partition coefficient (Wildman–Crippen LogP) is 1.50. The molecule has 1 aliphatic rings. The highest BCUT2D eigenvalue weighted by Crippen LogP contribution is 2.22. The number of carboxylic acid groups (broad SMARTS) is 1. The molecule has 0 bridgehead atoms. The molecule has 1 aromatic carbocycles. The van der Waals surface area contributed by atoms with Crippen molar-refractivity contribution in [1.29, 1.82) is 0 Å². The van der Waals surface area contributed by atoms with Crippen molar-refractivity contribution < 1.29 is 24.2 Å². The van der Waals surface area contributed by atoms with Crippen LogP contribution < -0.4 is 10.1 Å². The average Bonchev–Trinajstić information content (AvgIpc) is 2.97. The highest BCUT2D eigenvalue weighted by molar-refractivity contribution is 5.83. The Bertz CT molecular complexity index is 531. The molecule has 114 valence electrons. The van der Waals surface area contributed by atoms with Crippen molar-refractivity contribution in [2.45, 2.75) is 38.0 Å². The summed E-state index contributed by atoms with van der Waals surface area (Å²) < 4.78 is 10.4. The molecule has 3 unspecified atom stereocenters. The van der Waals surface area contributed by atoms with Crippen LogP contribution in [0.3, 0.4) is 0 Å². The lowest BCUT2D eigenvalue weighted by atomic mass is 10.1. The second-order valence-corrected chi connectivity index (χ2v) is 5.04. The molecule has 1 amide bonds. The maximum absolute atomic E-state index is 12.1. The monoisotopic (exact) mass is 293 g/mol. The molecule has 0 aliphatic carbocycles. The van der Waals surface area contributed by atoms with Gasteiger partial charge in [0.15, 0.2) is 6.10 Å². The second kappa shape index (κ2) is 6.58. The van der Waals surface area contributed by atoms with Gasteiger partial charge in [-0.1, -0.05) is 12.1 Å². The highest BCUT2D eigenvalue weighted by Gasteiger charge is 2.35. The van der Waals surface area contributed by atoms with E-state index in [1.54, 1.807) is 7.11 Å². The molecule has 1 aromatic rings. The molecule has 2 rings (SSSR count). The first kappa shape index (κ1) is 15.3. The fourth-order valence-electron chi connectivity index (χ4n) is 2.31. The van der Waals surface area contributed by atoms with Gasteiger partial charge in [-0.25, -0.2) is 4.79 Å². The van der Waals surface area contributed by atoms with Gasteiger partial charge >= 0.3 is 5.97 Å². The third kappa shape index (κ3) is 3.72. The summed E-state index contributed by atoms with van der Waals surface area (Å²) >= 11 is 0. The molecule has 6 heteroatoms. The van der Waals surface area contributed by atoms with Gasteiger partial charge in [-0.15, -0.1) is 0 Å². The Morgan fingerprint density at radius 1 is 1.38 bits per heavy atom. The van der Waals surface area contributed by atoms with E-state index in [1.807, 2.05) is 31.2 Å². The normalized spacial score (nSPS) is 22.6. The molecule has 6 nitrogen and oxygen atoms in total. The fourth-order valence-corrected chi connectivity index (χ4v) is 2.31. The maximum Gasteiger partial charge on any atom is 0.332 e. The zero-order valence-corrected chi connectivity index (χ0v) is 12.0. The van der Waals surface area contributed by atoms with Crippen molar-refractivity contribution in [2.24, 2.45) is 0 Å². The lowest BCUT2D eigenvalue weighted by Crippen LogP contribution is -2.37. The highest BCUT2D eigenvalue weighted by atomic mass is 16.5. The summed E-state index contributed by atoms with van der Waals surface area (Å²) in [4.78, 5) is 22.9. The van der Waals surface area contributed by atoms with Gasteiger partial charge < -0.3 is 19.9 Å². The Morgan fingerprint density at radius 3 is 2.71 bits per heavy atom. The van der Waals surface area contributed by atoms with E-state index >= 15 is 0 Å². The van der Waals surface area contributed by atoms with E-state index in [0.29, 0.717) is 12.8 Å². The van der Waals surface area contributed by atoms with Gasteiger partial charge in [-0.2, -0.15) is 0 Å². The van der Waals surface area contributed by atoms with Crippen LogP contribution in [0.25, 0.3) is 0 Å². The Balaban J connectivity index is 1.94. The van der Waals surface area contributed by atoms with Gasteiger partial charge in [-0.05, 0) is 37.5 Å². The number of rotatable bonds is 5. The minimum Gasteiger partial charge on any atom is -0.497 e. The SMILES string of the molecule is COc1cccc(C(C)NC(=O)C2CCC(C(=O)O)O2)c1. The summed E-state index contributed by atoms with van der Waals surface area (Å²) in [7, 11) is 1.58. The number of ether oxygens (including phenoxy) is 2. The molecule has 1 fully saturated rings. The molecule has 0 radical (unpaired) electrons. The minimum absolute atomic E-state index is 0.208. The first-order valence-corrected chi connectivity index (χ1v) is 6.84. The van der Waals surface area contributed by atoms with Gasteiger partial charge in [0.2, 0.25) is 5.91 Å². The van der Waals surface area contributed by atoms with Gasteiger partial charge in [0.1, 0.15) is 11.9 Å². The van der Waals surface area contributed by atoms with Crippen LogP contribution in [0.4, 0.5) is 0 Å². The summed E-state index contributed by atoms with van der Waals surface area (Å²) in [5, 5.41) is 11.7. The number of methoxy groups -OCH3 is 1. The van der Waals surface area contributed by atoms with Crippen molar-refractivity contribution in [3.8, 4) is 5.75 Å². The third-order valence-electron chi connectivity index (χ3n) is 3.54. The minimum atomic E-state index is -1.02. The molecule has 21 heavy (non-hydrogen) atoms. The van der Waals surface area contributed by atoms with Gasteiger partial charge in [0.05, 0.1) is 13.2 Å². The Kier molecular flexibility index (Phi) is 4.80. The summed E-state index contributed by atoms with van der Waals surface area (Å²) in [6.07, 6.45) is -0.791. The van der Waals surface area contributed by atoms with Crippen LogP contribution in [0.2, 0.25) is 0 Å². The number of carboxylic acids is 1. The van der Waals surface area contributed by atoms with Crippen LogP contribution in [-0.4, -0.2) is 36.3 Å². The number of carbonyl (C=O) groups excluding carboxylic acids is 1. The number of amides is 1. The largest absolute Gasteiger partial charge is 0.497 e. The predicted molar refractivity (Wildman–Crippen MR) is 75.1 cm³/mol. The van der Waals surface area contributed by atoms with Crippen molar-refractivity contribution in [3.05, 3.63) is 29.8 Å². The molecule has 1 aliphatic heterocycles. The maximum atomic E-state index is 12.1. The van der Waals surface area contributed by atoms with Crippen molar-refractivity contribution in [3.63, 3.8) is 0 Å². The third-order valence-corrected chi connectivity index (χ3v) is 3.54. The fraction of sp³-hybridized carbons (Fsp3) is 0.467. The topological polar surface area (TPSA) is 84.9 Å². The Morgan fingerprint density at radius 2 is 2.10 bits per heavy atom. The lowest BCUT2D eigenvalue weighted by molar-refractivity contribution is -0.151. The standard InChI is InChI=1S/C15H19NO5/c1-9(10-4-3-5-11(8-10)20-2)16-14(17)12-6-7-13(21-12)15(18)19/h3-5,8-9,12-13H,6-7H2,1-2H3,(H,16,17)(H,18,19). The van der Waals surface area contributed by atoms with E-state index in [-0.39, 0.29) is 11.9 Å². The van der Waals surface area contributed by atoms with Crippen LogP contribution >= 0.6 is 0 Å². The smallest absolute Gasteiger partial charge is 0.332 e. The molecule has 1 heterocycles. The summed E-state index contributed by atoms with van der Waals surface area (Å²) in [6.45, 7) is 1.86. The first-order valence-electron chi connectivity index (χ1n) is 6.84. The first-order chi connectivity index (χ1) is 10.0. The van der Waals surface area contributed by atoms with Gasteiger partial charge in [0.25, 0.3) is 0 Å². The van der Waals surface area contributed by atoms with E-state index in [9.17, 15) is 9.59 Å². The van der Waals surface area contributed by atoms with Crippen molar-refractivity contribution in [1.82, 2.24) is 5.32 Å². The number of hydrogen-bond acceptors (Lipinski definition) is 4. The van der Waals surface area contributed by atoms with E-state index in [2.05, 4.69) is 5.32 Å². The summed E-state index contributed by atoms with van der Waals surface area (Å²) in [5.41, 5.74) is 0.912. The quantitative estimate of drug-likeness (QED) is 0.859. The van der Waals surface area contributed by atoms with Crippen molar-refractivity contribution >= 4 is 11.9 Å². The number of nitrogens with one attached hydrogen (secondary N) is 1. The molecule has 0 aromatic heterocycles. The van der Waals surface area contributed by atoms with E-state index in [1.165, 1.54) is 0 Å². The second-order valence-electron chi connectivity index (χ2n) is 5.04. The number of hydrogen-bond donors (Lipinski definition) is 2. The average molecular weight is 293 g/mol. The molecular formula is C15H19NO5. The van der Waals surface area contributed by atoms with Crippen LogP contribution in [0.15, 0.2) is 24.3 Å². The summed E-state index contributed by atoms with van der Waals surface area (Å²) in [5.74, 6) is -0.586.